The van der Waals surface area contributed by atoms with E-state index in [4.69, 9.17) is 9.47 Å². The molecule has 2 aliphatic rings. The van der Waals surface area contributed by atoms with Crippen LogP contribution < -0.4 is 0 Å². The average molecular weight is 321 g/mol. The molecule has 0 radical (unpaired) electrons. The lowest BCUT2D eigenvalue weighted by molar-refractivity contribution is -0.118. The molecule has 1 unspecified atom stereocenters. The van der Waals surface area contributed by atoms with Gasteiger partial charge >= 0.3 is 0 Å². The van der Waals surface area contributed by atoms with Gasteiger partial charge in [0, 0.05) is 32.0 Å². The summed E-state index contributed by atoms with van der Waals surface area (Å²) in [4.78, 5) is 14.8. The summed E-state index contributed by atoms with van der Waals surface area (Å²) in [6.07, 6.45) is 3.68. The Morgan fingerprint density at radius 1 is 1.35 bits per heavy atom. The van der Waals surface area contributed by atoms with Crippen LogP contribution in [0.2, 0.25) is 0 Å². The van der Waals surface area contributed by atoms with Crippen molar-refractivity contribution in [2.24, 2.45) is 0 Å². The number of carbonyl (C=O) groups excluding carboxylic acids is 1. The third kappa shape index (κ3) is 3.43. The van der Waals surface area contributed by atoms with Crippen molar-refractivity contribution in [2.45, 2.75) is 58.3 Å². The van der Waals surface area contributed by atoms with Crippen LogP contribution in [0.3, 0.4) is 0 Å². The highest BCUT2D eigenvalue weighted by Crippen LogP contribution is 2.26. The van der Waals surface area contributed by atoms with E-state index in [9.17, 15) is 4.79 Å². The molecule has 0 bridgehead atoms. The van der Waals surface area contributed by atoms with Gasteiger partial charge in [-0.1, -0.05) is 0 Å². The van der Waals surface area contributed by atoms with Crippen LogP contribution >= 0.6 is 0 Å². The predicted octanol–water partition coefficient (Wildman–Crippen LogP) is 2.18. The standard InChI is InChI=1S/C17H27N3O3/c1-12-10-19(11-17(3,4)23-12)16(21)15-9-18-20(13(15)2)14-5-7-22-8-6-14/h9,12,14H,5-8,10-11H2,1-4H3. The first-order chi connectivity index (χ1) is 10.9. The Morgan fingerprint density at radius 2 is 2.04 bits per heavy atom. The van der Waals surface area contributed by atoms with Gasteiger partial charge in [-0.15, -0.1) is 0 Å². The van der Waals surface area contributed by atoms with Crippen molar-refractivity contribution >= 4 is 5.91 Å². The molecule has 6 nitrogen and oxygen atoms in total. The fourth-order valence-corrected chi connectivity index (χ4v) is 3.71. The molecule has 0 spiro atoms. The van der Waals surface area contributed by atoms with Crippen LogP contribution in [0.1, 0.15) is 55.7 Å². The summed E-state index contributed by atoms with van der Waals surface area (Å²) in [5.41, 5.74) is 1.36. The smallest absolute Gasteiger partial charge is 0.257 e. The van der Waals surface area contributed by atoms with Gasteiger partial charge in [0.15, 0.2) is 0 Å². The maximum atomic E-state index is 12.9. The van der Waals surface area contributed by atoms with Crippen molar-refractivity contribution < 1.29 is 14.3 Å². The third-order valence-corrected chi connectivity index (χ3v) is 4.67. The van der Waals surface area contributed by atoms with Crippen LogP contribution in [0.5, 0.6) is 0 Å². The van der Waals surface area contributed by atoms with E-state index in [1.807, 2.05) is 37.3 Å². The van der Waals surface area contributed by atoms with Crippen LogP contribution in [0.4, 0.5) is 0 Å². The summed E-state index contributed by atoms with van der Waals surface area (Å²) < 4.78 is 13.3. The topological polar surface area (TPSA) is 56.6 Å². The number of carbonyl (C=O) groups is 1. The quantitative estimate of drug-likeness (QED) is 0.838. The molecule has 1 aromatic rings. The average Bonchev–Trinajstić information content (AvgIpc) is 2.87. The van der Waals surface area contributed by atoms with E-state index in [1.54, 1.807) is 6.20 Å². The van der Waals surface area contributed by atoms with Gasteiger partial charge in [0.2, 0.25) is 0 Å². The largest absolute Gasteiger partial charge is 0.381 e. The van der Waals surface area contributed by atoms with E-state index >= 15 is 0 Å². The second-order valence-corrected chi connectivity index (χ2v) is 7.31. The first-order valence-electron chi connectivity index (χ1n) is 8.46. The van der Waals surface area contributed by atoms with Gasteiger partial charge in [0.1, 0.15) is 0 Å². The molecule has 1 aromatic heterocycles. The Morgan fingerprint density at radius 3 is 2.70 bits per heavy atom. The molecule has 0 aromatic carbocycles. The van der Waals surface area contributed by atoms with Gasteiger partial charge in [-0.3, -0.25) is 9.48 Å². The summed E-state index contributed by atoms with van der Waals surface area (Å²) in [6.45, 7) is 10.8. The van der Waals surface area contributed by atoms with Crippen LogP contribution in [0.25, 0.3) is 0 Å². The number of ether oxygens (including phenoxy) is 2. The number of rotatable bonds is 2. The highest BCUT2D eigenvalue weighted by atomic mass is 16.5. The van der Waals surface area contributed by atoms with Crippen LogP contribution in [-0.4, -0.2) is 58.6 Å². The monoisotopic (exact) mass is 321 g/mol. The molecule has 0 aliphatic carbocycles. The van der Waals surface area contributed by atoms with E-state index in [0.717, 1.165) is 31.7 Å². The minimum Gasteiger partial charge on any atom is -0.381 e. The molecular weight excluding hydrogens is 294 g/mol. The molecule has 1 amide bonds. The number of morpholine rings is 1. The van der Waals surface area contributed by atoms with E-state index in [0.29, 0.717) is 24.7 Å². The maximum absolute atomic E-state index is 12.9. The predicted molar refractivity (Wildman–Crippen MR) is 86.6 cm³/mol. The van der Waals surface area contributed by atoms with E-state index in [-0.39, 0.29) is 17.6 Å². The fourth-order valence-electron chi connectivity index (χ4n) is 3.71. The summed E-state index contributed by atoms with van der Waals surface area (Å²) >= 11 is 0. The number of amides is 1. The summed E-state index contributed by atoms with van der Waals surface area (Å²) in [7, 11) is 0. The lowest BCUT2D eigenvalue weighted by atomic mass is 10.0. The molecule has 6 heteroatoms. The van der Waals surface area contributed by atoms with Crippen LogP contribution in [0.15, 0.2) is 6.20 Å². The van der Waals surface area contributed by atoms with Crippen molar-refractivity contribution in [1.29, 1.82) is 0 Å². The van der Waals surface area contributed by atoms with E-state index < -0.39 is 0 Å². The van der Waals surface area contributed by atoms with Gasteiger partial charge in [0.25, 0.3) is 5.91 Å². The minimum absolute atomic E-state index is 0.0496. The molecule has 0 saturated carbocycles. The van der Waals surface area contributed by atoms with Crippen molar-refractivity contribution in [1.82, 2.24) is 14.7 Å². The number of nitrogens with zero attached hydrogens (tertiary/aromatic N) is 3. The highest BCUT2D eigenvalue weighted by molar-refractivity contribution is 5.95. The fraction of sp³-hybridized carbons (Fsp3) is 0.765. The second kappa shape index (κ2) is 6.24. The van der Waals surface area contributed by atoms with E-state index in [1.165, 1.54) is 0 Å². The molecule has 1 atom stereocenters. The first kappa shape index (κ1) is 16.5. The molecule has 23 heavy (non-hydrogen) atoms. The molecular formula is C17H27N3O3. The Balaban J connectivity index is 1.78. The minimum atomic E-state index is -0.308. The van der Waals surface area contributed by atoms with Gasteiger partial charge in [0.05, 0.1) is 29.5 Å². The lowest BCUT2D eigenvalue weighted by Crippen LogP contribution is -2.53. The maximum Gasteiger partial charge on any atom is 0.257 e. The van der Waals surface area contributed by atoms with E-state index in [2.05, 4.69) is 5.10 Å². The highest BCUT2D eigenvalue weighted by Gasteiger charge is 2.35. The van der Waals surface area contributed by atoms with Gasteiger partial charge in [-0.05, 0) is 40.5 Å². The zero-order chi connectivity index (χ0) is 16.6. The van der Waals surface area contributed by atoms with Crippen LogP contribution in [0, 0.1) is 6.92 Å². The number of hydrogen-bond donors (Lipinski definition) is 0. The Kier molecular flexibility index (Phi) is 4.47. The summed E-state index contributed by atoms with van der Waals surface area (Å²) in [6, 6.07) is 0.338. The molecule has 3 heterocycles. The van der Waals surface area contributed by atoms with Crippen molar-refractivity contribution in [3.05, 3.63) is 17.5 Å². The Hall–Kier alpha value is -1.40. The molecule has 2 aliphatic heterocycles. The summed E-state index contributed by atoms with van der Waals surface area (Å²) in [5, 5.41) is 4.49. The Bertz CT molecular complexity index is 576. The number of hydrogen-bond acceptors (Lipinski definition) is 4. The zero-order valence-corrected chi connectivity index (χ0v) is 14.5. The molecule has 0 N–H and O–H groups in total. The SMILES string of the molecule is Cc1c(C(=O)N2CC(C)OC(C)(C)C2)cnn1C1CCOCC1. The Labute approximate surface area is 137 Å². The molecule has 128 valence electrons. The normalized spacial score (nSPS) is 25.6. The van der Waals surface area contributed by atoms with Crippen molar-refractivity contribution in [3.63, 3.8) is 0 Å². The van der Waals surface area contributed by atoms with Crippen LogP contribution in [-0.2, 0) is 9.47 Å². The van der Waals surface area contributed by atoms with Crippen molar-refractivity contribution in [3.8, 4) is 0 Å². The zero-order valence-electron chi connectivity index (χ0n) is 14.5. The van der Waals surface area contributed by atoms with Gasteiger partial charge < -0.3 is 14.4 Å². The lowest BCUT2D eigenvalue weighted by Gasteiger charge is -2.41. The molecule has 2 fully saturated rings. The molecule has 3 rings (SSSR count). The van der Waals surface area contributed by atoms with Crippen molar-refractivity contribution in [2.75, 3.05) is 26.3 Å². The third-order valence-electron chi connectivity index (χ3n) is 4.67. The second-order valence-electron chi connectivity index (χ2n) is 7.31. The van der Waals surface area contributed by atoms with Gasteiger partial charge in [-0.2, -0.15) is 5.10 Å². The molecule has 2 saturated heterocycles. The van der Waals surface area contributed by atoms with Gasteiger partial charge in [-0.25, -0.2) is 0 Å². The first-order valence-corrected chi connectivity index (χ1v) is 8.46. The summed E-state index contributed by atoms with van der Waals surface area (Å²) in [5.74, 6) is 0.0593. The number of aromatic nitrogens is 2.